The number of sulfone groups is 1. The molecule has 0 saturated carbocycles. The second-order valence-electron chi connectivity index (χ2n) is 6.33. The summed E-state index contributed by atoms with van der Waals surface area (Å²) in [6.07, 6.45) is 4.97. The van der Waals surface area contributed by atoms with Crippen molar-refractivity contribution >= 4 is 19.9 Å². The Bertz CT molecular complexity index is 958. The van der Waals surface area contributed by atoms with Gasteiger partial charge in [0, 0.05) is 31.6 Å². The van der Waals surface area contributed by atoms with E-state index in [9.17, 15) is 21.2 Å². The molecule has 1 aliphatic heterocycles. The number of rotatable bonds is 5. The third-order valence-electron chi connectivity index (χ3n) is 4.05. The van der Waals surface area contributed by atoms with E-state index in [0.717, 1.165) is 19.5 Å². The number of halogens is 1. The number of nitrogens with one attached hydrogen (secondary N) is 1. The van der Waals surface area contributed by atoms with Gasteiger partial charge in [0.25, 0.3) is 0 Å². The average molecular weight is 430 g/mol. The van der Waals surface area contributed by atoms with Gasteiger partial charge in [0.1, 0.15) is 5.82 Å². The molecule has 1 N–H and O–H groups in total. The van der Waals surface area contributed by atoms with Crippen molar-refractivity contribution in [2.45, 2.75) is 35.6 Å². The first-order chi connectivity index (χ1) is 13.2. The Morgan fingerprint density at radius 1 is 0.893 bits per heavy atom. The Kier molecular flexibility index (Phi) is 8.11. The Morgan fingerprint density at radius 3 is 1.93 bits per heavy atom. The molecule has 6 nitrogen and oxygen atoms in total. The highest BCUT2D eigenvalue weighted by Gasteiger charge is 2.16. The van der Waals surface area contributed by atoms with Gasteiger partial charge in [0.15, 0.2) is 9.84 Å². The molecule has 28 heavy (non-hydrogen) atoms. The predicted molar refractivity (Wildman–Crippen MR) is 105 cm³/mol. The number of hydrogen-bond donors (Lipinski definition) is 1. The molecule has 0 radical (unpaired) electrons. The Labute approximate surface area is 165 Å². The lowest BCUT2D eigenvalue weighted by Gasteiger charge is -2.08. The van der Waals surface area contributed by atoms with Crippen LogP contribution in [-0.2, 0) is 31.1 Å². The zero-order valence-corrected chi connectivity index (χ0v) is 17.2. The highest BCUT2D eigenvalue weighted by Crippen LogP contribution is 2.15. The smallest absolute Gasteiger partial charge is 0.240 e. The lowest BCUT2D eigenvalue weighted by Crippen LogP contribution is -2.23. The molecule has 0 spiro atoms. The van der Waals surface area contributed by atoms with Crippen molar-refractivity contribution < 1.29 is 26.0 Å². The molecule has 1 fully saturated rings. The fraction of sp³-hybridized carbons (Fsp3) is 0.368. The van der Waals surface area contributed by atoms with E-state index in [1.165, 1.54) is 61.7 Å². The van der Waals surface area contributed by atoms with E-state index in [1.54, 1.807) is 6.07 Å². The highest BCUT2D eigenvalue weighted by molar-refractivity contribution is 7.90. The molecule has 2 aromatic rings. The van der Waals surface area contributed by atoms with Crippen molar-refractivity contribution in [2.75, 3.05) is 19.5 Å². The third kappa shape index (κ3) is 6.97. The molecule has 0 atom stereocenters. The fourth-order valence-corrected chi connectivity index (χ4v) is 4.09. The Hall–Kier alpha value is -1.81. The van der Waals surface area contributed by atoms with Gasteiger partial charge in [-0.05, 0) is 49.6 Å². The first kappa shape index (κ1) is 22.5. The van der Waals surface area contributed by atoms with Gasteiger partial charge in [0.05, 0.1) is 9.79 Å². The monoisotopic (exact) mass is 429 g/mol. The topological polar surface area (TPSA) is 89.5 Å². The van der Waals surface area contributed by atoms with Crippen molar-refractivity contribution in [3.8, 4) is 0 Å². The molecule has 154 valence electrons. The molecule has 9 heteroatoms. The molecular weight excluding hydrogens is 405 g/mol. The number of benzene rings is 2. The first-order valence-corrected chi connectivity index (χ1v) is 12.2. The molecule has 1 heterocycles. The summed E-state index contributed by atoms with van der Waals surface area (Å²) in [5, 5.41) is 0. The molecule has 1 saturated heterocycles. The highest BCUT2D eigenvalue weighted by atomic mass is 32.2. The summed E-state index contributed by atoms with van der Waals surface area (Å²) in [7, 11) is -7.24. The normalized spacial score (nSPS) is 14.8. The van der Waals surface area contributed by atoms with E-state index in [-0.39, 0.29) is 21.9 Å². The molecule has 0 aromatic heterocycles. The lowest BCUT2D eigenvalue weighted by molar-refractivity contribution is 0.0968. The summed E-state index contributed by atoms with van der Waals surface area (Å²) in [6, 6.07) is 10.7. The maximum absolute atomic E-state index is 13.4. The summed E-state index contributed by atoms with van der Waals surface area (Å²) < 4.78 is 67.7. The largest absolute Gasteiger partial charge is 0.381 e. The van der Waals surface area contributed by atoms with Crippen LogP contribution in [-0.4, -0.2) is 36.3 Å². The molecule has 3 rings (SSSR count). The SMILES string of the molecule is C1CCOCC1.CS(=O)(=O)c1ccc(S(=O)(=O)NCc2ccccc2F)cc1. The van der Waals surface area contributed by atoms with Crippen molar-refractivity contribution in [2.24, 2.45) is 0 Å². The standard InChI is InChI=1S/C14H14FNO4S2.C5H10O/c1-21(17,18)12-6-8-13(9-7-12)22(19,20)16-10-11-4-2-3-5-14(11)15;1-2-4-6-5-3-1/h2-9,16H,10H2,1H3;1-5H2. The Balaban J connectivity index is 0.000000397. The minimum absolute atomic E-state index is 0.0283. The molecule has 2 aromatic carbocycles. The molecule has 0 amide bonds. The van der Waals surface area contributed by atoms with E-state index in [1.807, 2.05) is 0 Å². The predicted octanol–water partition coefficient (Wildman–Crippen LogP) is 2.89. The molecule has 0 unspecified atom stereocenters. The second-order valence-corrected chi connectivity index (χ2v) is 10.1. The van der Waals surface area contributed by atoms with Crippen LogP contribution in [0.15, 0.2) is 58.3 Å². The van der Waals surface area contributed by atoms with E-state index in [0.29, 0.717) is 0 Å². The van der Waals surface area contributed by atoms with Crippen LogP contribution in [0.2, 0.25) is 0 Å². The van der Waals surface area contributed by atoms with Crippen LogP contribution >= 0.6 is 0 Å². The van der Waals surface area contributed by atoms with Crippen LogP contribution < -0.4 is 4.72 Å². The number of hydrogen-bond acceptors (Lipinski definition) is 5. The van der Waals surface area contributed by atoms with E-state index >= 15 is 0 Å². The molecule has 0 aliphatic carbocycles. The van der Waals surface area contributed by atoms with Gasteiger partial charge in [-0.25, -0.2) is 25.9 Å². The number of ether oxygens (including phenoxy) is 1. The van der Waals surface area contributed by atoms with Crippen molar-refractivity contribution in [3.05, 3.63) is 59.9 Å². The van der Waals surface area contributed by atoms with Gasteiger partial charge < -0.3 is 4.74 Å². The third-order valence-corrected chi connectivity index (χ3v) is 6.60. The summed E-state index contributed by atoms with van der Waals surface area (Å²) in [4.78, 5) is -0.0585. The Morgan fingerprint density at radius 2 is 1.46 bits per heavy atom. The summed E-state index contributed by atoms with van der Waals surface area (Å²) in [6.45, 7) is 1.81. The van der Waals surface area contributed by atoms with E-state index in [4.69, 9.17) is 4.74 Å². The minimum Gasteiger partial charge on any atom is -0.381 e. The van der Waals surface area contributed by atoms with Crippen molar-refractivity contribution in [1.29, 1.82) is 0 Å². The maximum atomic E-state index is 13.4. The van der Waals surface area contributed by atoms with E-state index in [2.05, 4.69) is 4.72 Å². The van der Waals surface area contributed by atoms with Crippen molar-refractivity contribution in [1.82, 2.24) is 4.72 Å². The molecule has 0 bridgehead atoms. The average Bonchev–Trinajstić information content (AvgIpc) is 2.69. The van der Waals surface area contributed by atoms with Crippen LogP contribution in [0.3, 0.4) is 0 Å². The van der Waals surface area contributed by atoms with Gasteiger partial charge in [-0.15, -0.1) is 0 Å². The van der Waals surface area contributed by atoms with E-state index < -0.39 is 25.7 Å². The van der Waals surface area contributed by atoms with Crippen LogP contribution in [0.25, 0.3) is 0 Å². The minimum atomic E-state index is -3.85. The second kappa shape index (κ2) is 10.1. The zero-order valence-electron chi connectivity index (χ0n) is 15.6. The van der Waals surface area contributed by atoms with Gasteiger partial charge in [0.2, 0.25) is 10.0 Å². The summed E-state index contributed by atoms with van der Waals surface area (Å²) in [5.41, 5.74) is 0.221. The number of sulfonamides is 1. The summed E-state index contributed by atoms with van der Waals surface area (Å²) in [5.74, 6) is -0.502. The van der Waals surface area contributed by atoms with Gasteiger partial charge in [-0.3, -0.25) is 0 Å². The summed E-state index contributed by atoms with van der Waals surface area (Å²) >= 11 is 0. The maximum Gasteiger partial charge on any atom is 0.240 e. The zero-order chi connectivity index (χ0) is 20.6. The van der Waals surface area contributed by atoms with Crippen molar-refractivity contribution in [3.63, 3.8) is 0 Å². The lowest BCUT2D eigenvalue weighted by atomic mass is 10.2. The van der Waals surface area contributed by atoms with Crippen LogP contribution in [0, 0.1) is 5.82 Å². The van der Waals surface area contributed by atoms with Crippen LogP contribution in [0.5, 0.6) is 0 Å². The fourth-order valence-electron chi connectivity index (χ4n) is 2.45. The van der Waals surface area contributed by atoms with Crippen LogP contribution in [0.1, 0.15) is 24.8 Å². The van der Waals surface area contributed by atoms with Gasteiger partial charge >= 0.3 is 0 Å². The first-order valence-electron chi connectivity index (χ1n) is 8.81. The molecule has 1 aliphatic rings. The quantitative estimate of drug-likeness (QED) is 0.789. The van der Waals surface area contributed by atoms with Gasteiger partial charge in [-0.2, -0.15) is 0 Å². The van der Waals surface area contributed by atoms with Gasteiger partial charge in [-0.1, -0.05) is 18.2 Å². The molecular formula is C19H24FNO5S2. The van der Waals surface area contributed by atoms with Crippen LogP contribution in [0.4, 0.5) is 4.39 Å².